The van der Waals surface area contributed by atoms with E-state index < -0.39 is 10.8 Å². The molecular formula is C35H32O4. The summed E-state index contributed by atoms with van der Waals surface area (Å²) in [4.78, 5) is 25.2. The highest BCUT2D eigenvalue weighted by Gasteiger charge is 2.52. The van der Waals surface area contributed by atoms with Crippen molar-refractivity contribution in [1.29, 1.82) is 0 Å². The molecule has 39 heavy (non-hydrogen) atoms. The van der Waals surface area contributed by atoms with E-state index in [1.807, 2.05) is 0 Å². The summed E-state index contributed by atoms with van der Waals surface area (Å²) in [6, 6.07) is 34.3. The summed E-state index contributed by atoms with van der Waals surface area (Å²) in [5.74, 6) is -0.431. The first-order valence-corrected chi connectivity index (χ1v) is 13.6. The molecule has 0 aliphatic heterocycles. The summed E-state index contributed by atoms with van der Waals surface area (Å²) in [7, 11) is 2.90. The van der Waals surface area contributed by atoms with Gasteiger partial charge in [-0.3, -0.25) is 9.59 Å². The Bertz CT molecular complexity index is 1360. The van der Waals surface area contributed by atoms with E-state index in [-0.39, 0.29) is 11.9 Å². The monoisotopic (exact) mass is 516 g/mol. The summed E-state index contributed by atoms with van der Waals surface area (Å²) in [5.41, 5.74) is 8.85. The zero-order valence-corrected chi connectivity index (χ0v) is 22.4. The molecule has 6 rings (SSSR count). The first-order valence-electron chi connectivity index (χ1n) is 13.6. The van der Waals surface area contributed by atoms with Crippen LogP contribution in [0.15, 0.2) is 97.1 Å². The fourth-order valence-electron chi connectivity index (χ4n) is 7.28. The Morgan fingerprint density at radius 2 is 0.795 bits per heavy atom. The maximum Gasteiger partial charge on any atom is 0.305 e. The van der Waals surface area contributed by atoms with Crippen LogP contribution in [0.3, 0.4) is 0 Å². The van der Waals surface area contributed by atoms with Crippen molar-refractivity contribution in [2.75, 3.05) is 14.2 Å². The number of esters is 2. The van der Waals surface area contributed by atoms with Crippen LogP contribution < -0.4 is 0 Å². The van der Waals surface area contributed by atoms with Gasteiger partial charge in [-0.25, -0.2) is 0 Å². The van der Waals surface area contributed by atoms with Gasteiger partial charge in [-0.05, 0) is 63.8 Å². The van der Waals surface area contributed by atoms with Gasteiger partial charge in [-0.15, -0.1) is 0 Å². The molecule has 0 spiro atoms. The van der Waals surface area contributed by atoms with Gasteiger partial charge >= 0.3 is 11.9 Å². The van der Waals surface area contributed by atoms with Crippen molar-refractivity contribution in [2.45, 2.75) is 42.9 Å². The third-order valence-electron chi connectivity index (χ3n) is 8.92. The molecular weight excluding hydrogens is 484 g/mol. The van der Waals surface area contributed by atoms with E-state index in [1.54, 1.807) is 0 Å². The van der Waals surface area contributed by atoms with Crippen molar-refractivity contribution in [3.05, 3.63) is 119 Å². The largest absolute Gasteiger partial charge is 0.469 e. The standard InChI is InChI=1S/C35H32O4/c1-38-32(36)19-21-34(28-15-7-3-11-24(28)25-12-4-8-16-29(25)34)23-35(22-20-33(37)39-2)30-17-9-5-13-26(30)27-14-6-10-18-31(27)35/h3-18H,19-23H2,1-2H3. The van der Waals surface area contributed by atoms with Gasteiger partial charge in [0.2, 0.25) is 0 Å². The Labute approximate surface area is 229 Å². The summed E-state index contributed by atoms with van der Waals surface area (Å²) in [6.07, 6.45) is 2.54. The number of benzene rings is 4. The van der Waals surface area contributed by atoms with Crippen molar-refractivity contribution in [1.82, 2.24) is 0 Å². The molecule has 4 nitrogen and oxygen atoms in total. The Morgan fingerprint density at radius 1 is 0.513 bits per heavy atom. The minimum atomic E-state index is -0.456. The van der Waals surface area contributed by atoms with Gasteiger partial charge in [-0.2, -0.15) is 0 Å². The SMILES string of the molecule is COC(=O)CCC1(CC2(CCC(=O)OC)c3ccccc3-c3ccccc32)c2ccccc2-c2ccccc21. The number of fused-ring (bicyclic) bond motifs is 6. The Hall–Kier alpha value is -4.18. The first-order chi connectivity index (χ1) is 19.0. The smallest absolute Gasteiger partial charge is 0.305 e. The molecule has 0 saturated carbocycles. The quantitative estimate of drug-likeness (QED) is 0.232. The minimum Gasteiger partial charge on any atom is -0.469 e. The number of carbonyl (C=O) groups is 2. The van der Waals surface area contributed by atoms with E-state index in [1.165, 1.54) is 58.7 Å². The van der Waals surface area contributed by atoms with Crippen molar-refractivity contribution in [3.8, 4) is 22.3 Å². The lowest BCUT2D eigenvalue weighted by molar-refractivity contribution is -0.141. The second-order valence-corrected chi connectivity index (χ2v) is 10.7. The van der Waals surface area contributed by atoms with Gasteiger partial charge in [0.05, 0.1) is 14.2 Å². The number of hydrogen-bond acceptors (Lipinski definition) is 4. The molecule has 2 aliphatic rings. The predicted octanol–water partition coefficient (Wildman–Crippen LogP) is 7.22. The van der Waals surface area contributed by atoms with Crippen molar-refractivity contribution < 1.29 is 19.1 Å². The molecule has 2 aliphatic carbocycles. The molecule has 0 aromatic heterocycles. The minimum absolute atomic E-state index is 0.216. The maximum atomic E-state index is 12.6. The van der Waals surface area contributed by atoms with Crippen LogP contribution in [0.1, 0.15) is 54.4 Å². The molecule has 4 aromatic rings. The van der Waals surface area contributed by atoms with Crippen molar-refractivity contribution >= 4 is 11.9 Å². The summed E-state index contributed by atoms with van der Waals surface area (Å²) in [5, 5.41) is 0. The highest BCUT2D eigenvalue weighted by Crippen LogP contribution is 2.62. The molecule has 4 aromatic carbocycles. The Morgan fingerprint density at radius 3 is 1.08 bits per heavy atom. The second-order valence-electron chi connectivity index (χ2n) is 10.7. The molecule has 0 heterocycles. The molecule has 0 saturated heterocycles. The lowest BCUT2D eigenvalue weighted by Crippen LogP contribution is -2.38. The van der Waals surface area contributed by atoms with Crippen LogP contribution in [0.25, 0.3) is 22.3 Å². The Balaban J connectivity index is 1.62. The number of ether oxygens (including phenoxy) is 2. The molecule has 0 amide bonds. The van der Waals surface area contributed by atoms with E-state index in [4.69, 9.17) is 9.47 Å². The van der Waals surface area contributed by atoms with E-state index >= 15 is 0 Å². The van der Waals surface area contributed by atoms with Gasteiger partial charge in [0.25, 0.3) is 0 Å². The van der Waals surface area contributed by atoms with Crippen molar-refractivity contribution in [2.24, 2.45) is 0 Å². The topological polar surface area (TPSA) is 52.6 Å². The van der Waals surface area contributed by atoms with Crippen LogP contribution in [0.2, 0.25) is 0 Å². The average Bonchev–Trinajstić information content (AvgIpc) is 3.43. The fourth-order valence-corrected chi connectivity index (χ4v) is 7.28. The fraction of sp³-hybridized carbons (Fsp3) is 0.257. The van der Waals surface area contributed by atoms with Gasteiger partial charge in [-0.1, -0.05) is 97.1 Å². The first kappa shape index (κ1) is 25.1. The van der Waals surface area contributed by atoms with Gasteiger partial charge in [0.15, 0.2) is 0 Å². The number of carbonyl (C=O) groups excluding carboxylic acids is 2. The van der Waals surface area contributed by atoms with Gasteiger partial charge in [0.1, 0.15) is 0 Å². The predicted molar refractivity (Wildman–Crippen MR) is 152 cm³/mol. The molecule has 196 valence electrons. The zero-order valence-electron chi connectivity index (χ0n) is 22.4. The van der Waals surface area contributed by atoms with E-state index in [9.17, 15) is 9.59 Å². The van der Waals surface area contributed by atoms with Crippen LogP contribution in [-0.4, -0.2) is 26.2 Å². The number of rotatable bonds is 8. The van der Waals surface area contributed by atoms with Crippen LogP contribution >= 0.6 is 0 Å². The summed E-state index contributed by atoms with van der Waals surface area (Å²) >= 11 is 0. The summed E-state index contributed by atoms with van der Waals surface area (Å²) < 4.78 is 10.3. The highest BCUT2D eigenvalue weighted by atomic mass is 16.5. The molecule has 0 unspecified atom stereocenters. The van der Waals surface area contributed by atoms with E-state index in [0.717, 1.165) is 6.42 Å². The van der Waals surface area contributed by atoms with Crippen LogP contribution in [0.4, 0.5) is 0 Å². The summed E-state index contributed by atoms with van der Waals surface area (Å²) in [6.45, 7) is 0. The van der Waals surface area contributed by atoms with Crippen LogP contribution in [0, 0.1) is 0 Å². The van der Waals surface area contributed by atoms with E-state index in [0.29, 0.717) is 25.7 Å². The van der Waals surface area contributed by atoms with Crippen molar-refractivity contribution in [3.63, 3.8) is 0 Å². The Kier molecular flexibility index (Phi) is 6.34. The third-order valence-corrected chi connectivity index (χ3v) is 8.92. The third kappa shape index (κ3) is 3.89. The van der Waals surface area contributed by atoms with Crippen LogP contribution in [-0.2, 0) is 29.9 Å². The molecule has 4 heteroatoms. The van der Waals surface area contributed by atoms with Gasteiger partial charge in [0, 0.05) is 23.7 Å². The molecule has 0 radical (unpaired) electrons. The number of methoxy groups -OCH3 is 2. The van der Waals surface area contributed by atoms with Crippen LogP contribution in [0.5, 0.6) is 0 Å². The highest BCUT2D eigenvalue weighted by molar-refractivity contribution is 5.85. The normalized spacial score (nSPS) is 15.0. The molecule has 0 N–H and O–H groups in total. The molecule has 0 bridgehead atoms. The second kappa shape index (κ2) is 9.85. The zero-order chi connectivity index (χ0) is 27.0. The molecule has 0 fully saturated rings. The van der Waals surface area contributed by atoms with E-state index in [2.05, 4.69) is 97.1 Å². The number of hydrogen-bond donors (Lipinski definition) is 0. The average molecular weight is 517 g/mol. The molecule has 0 atom stereocenters. The van der Waals surface area contributed by atoms with Gasteiger partial charge < -0.3 is 9.47 Å². The lowest BCUT2D eigenvalue weighted by Gasteiger charge is -2.42. The lowest BCUT2D eigenvalue weighted by atomic mass is 9.60. The maximum absolute atomic E-state index is 12.6.